The number of hydrogen-bond donors (Lipinski definition) is 2. The lowest BCUT2D eigenvalue weighted by Crippen LogP contribution is -2.52. The lowest BCUT2D eigenvalue weighted by atomic mass is 9.91. The molecule has 0 aromatic heterocycles. The number of carbonyl (C=O) groups is 1. The number of carbonyl (C=O) groups excluding carboxylic acids is 1. The van der Waals surface area contributed by atoms with Gasteiger partial charge in [0.2, 0.25) is 0 Å². The second-order valence-electron chi connectivity index (χ2n) is 8.80. The van der Waals surface area contributed by atoms with Gasteiger partial charge >= 0.3 is 0 Å². The molecule has 2 aromatic rings. The van der Waals surface area contributed by atoms with Crippen LogP contribution in [-0.4, -0.2) is 36.0 Å². The molecule has 3 unspecified atom stereocenters. The molecule has 3 N–H and O–H groups in total. The molecule has 5 nitrogen and oxygen atoms in total. The standard InChI is InChI=1S/C26H30ClN3O2.ClH/c1-3-7-17(2)32-24-13-23(28)22(27)12-21(24)26(31)29-25-19-10-11-20(25)16-30(15-19)14-18-8-5-4-6-9-18;/h4-6,8-9,12-13,17,19-20,25H,10-11,14-16,28H2,1-2H3,(H,29,31);1H. The molecule has 1 saturated heterocycles. The molecular weight excluding hydrogens is 457 g/mol. The zero-order chi connectivity index (χ0) is 22.7. The molecule has 2 bridgehead atoms. The number of anilines is 1. The van der Waals surface area contributed by atoms with Crippen LogP contribution >= 0.6 is 24.0 Å². The molecule has 1 saturated carbocycles. The average Bonchev–Trinajstić information content (AvgIpc) is 2.99. The smallest absolute Gasteiger partial charge is 0.255 e. The van der Waals surface area contributed by atoms with E-state index < -0.39 is 0 Å². The Morgan fingerprint density at radius 3 is 2.55 bits per heavy atom. The van der Waals surface area contributed by atoms with Crippen LogP contribution in [-0.2, 0) is 6.54 Å². The molecule has 1 amide bonds. The highest BCUT2D eigenvalue weighted by Gasteiger charge is 2.42. The van der Waals surface area contributed by atoms with Crippen molar-refractivity contribution >= 4 is 35.6 Å². The molecule has 4 rings (SSSR count). The second kappa shape index (κ2) is 11.2. The highest BCUT2D eigenvalue weighted by atomic mass is 35.5. The van der Waals surface area contributed by atoms with Gasteiger partial charge in [-0.15, -0.1) is 18.3 Å². The van der Waals surface area contributed by atoms with Crippen molar-refractivity contribution in [2.75, 3.05) is 18.8 Å². The van der Waals surface area contributed by atoms with Crippen molar-refractivity contribution in [3.05, 3.63) is 58.6 Å². The number of piperidine rings is 1. The second-order valence-corrected chi connectivity index (χ2v) is 9.21. The SMILES string of the molecule is CC#CC(C)Oc1cc(N)c(Cl)cc1C(=O)NC1C2CCC1CN(Cc1ccccc1)C2.Cl. The molecule has 1 heterocycles. The Bertz CT molecular complexity index is 1020. The number of hydrogen-bond acceptors (Lipinski definition) is 4. The normalized spacial score (nSPS) is 22.5. The Morgan fingerprint density at radius 1 is 1.24 bits per heavy atom. The molecule has 2 fully saturated rings. The first-order valence-corrected chi connectivity index (χ1v) is 11.6. The number of nitrogens with two attached hydrogens (primary N) is 1. The quantitative estimate of drug-likeness (QED) is 0.454. The third-order valence-electron chi connectivity index (χ3n) is 6.45. The predicted molar refractivity (Wildman–Crippen MR) is 136 cm³/mol. The topological polar surface area (TPSA) is 67.6 Å². The summed E-state index contributed by atoms with van der Waals surface area (Å²) in [6.45, 7) is 6.53. The van der Waals surface area contributed by atoms with Gasteiger partial charge < -0.3 is 15.8 Å². The van der Waals surface area contributed by atoms with E-state index in [0.717, 1.165) is 32.5 Å². The summed E-state index contributed by atoms with van der Waals surface area (Å²) in [5.41, 5.74) is 8.08. The van der Waals surface area contributed by atoms with Crippen molar-refractivity contribution in [2.45, 2.75) is 45.4 Å². The van der Waals surface area contributed by atoms with E-state index >= 15 is 0 Å². The highest BCUT2D eigenvalue weighted by Crippen LogP contribution is 2.38. The summed E-state index contributed by atoms with van der Waals surface area (Å²) < 4.78 is 5.90. The van der Waals surface area contributed by atoms with Crippen LogP contribution in [0.25, 0.3) is 0 Å². The Kier molecular flexibility index (Phi) is 8.53. The summed E-state index contributed by atoms with van der Waals surface area (Å²) in [5.74, 6) is 6.90. The van der Waals surface area contributed by atoms with E-state index in [0.29, 0.717) is 33.9 Å². The van der Waals surface area contributed by atoms with Crippen LogP contribution in [0.4, 0.5) is 5.69 Å². The van der Waals surface area contributed by atoms with Gasteiger partial charge in [-0.05, 0) is 50.2 Å². The molecular formula is C26H31Cl2N3O2. The van der Waals surface area contributed by atoms with Gasteiger partial charge in [0.25, 0.3) is 5.91 Å². The number of amides is 1. The van der Waals surface area contributed by atoms with Gasteiger partial charge in [-0.25, -0.2) is 0 Å². The van der Waals surface area contributed by atoms with Crippen LogP contribution in [0.15, 0.2) is 42.5 Å². The van der Waals surface area contributed by atoms with Gasteiger partial charge in [0.05, 0.1) is 16.3 Å². The summed E-state index contributed by atoms with van der Waals surface area (Å²) in [7, 11) is 0. The number of halogens is 2. The minimum atomic E-state index is -0.357. The highest BCUT2D eigenvalue weighted by molar-refractivity contribution is 6.33. The van der Waals surface area contributed by atoms with Crippen LogP contribution in [0, 0.1) is 23.7 Å². The largest absolute Gasteiger partial charge is 0.477 e. The maximum Gasteiger partial charge on any atom is 0.255 e. The maximum atomic E-state index is 13.3. The lowest BCUT2D eigenvalue weighted by Gasteiger charge is -2.38. The fraction of sp³-hybridized carbons (Fsp3) is 0.423. The minimum Gasteiger partial charge on any atom is -0.477 e. The number of rotatable bonds is 6. The van der Waals surface area contributed by atoms with E-state index in [-0.39, 0.29) is 30.5 Å². The van der Waals surface area contributed by atoms with Crippen LogP contribution in [0.1, 0.15) is 42.6 Å². The van der Waals surface area contributed by atoms with E-state index in [1.54, 1.807) is 19.1 Å². The van der Waals surface area contributed by atoms with Gasteiger partial charge in [-0.2, -0.15) is 0 Å². The number of benzene rings is 2. The van der Waals surface area contributed by atoms with Crippen molar-refractivity contribution in [3.8, 4) is 17.6 Å². The number of nitrogen functional groups attached to an aromatic ring is 1. The molecule has 7 heteroatoms. The lowest BCUT2D eigenvalue weighted by molar-refractivity contribution is 0.0820. The van der Waals surface area contributed by atoms with Crippen LogP contribution in [0.2, 0.25) is 5.02 Å². The molecule has 2 aromatic carbocycles. The van der Waals surface area contributed by atoms with Crippen molar-refractivity contribution < 1.29 is 9.53 Å². The Morgan fingerprint density at radius 2 is 1.91 bits per heavy atom. The van der Waals surface area contributed by atoms with E-state index in [9.17, 15) is 4.79 Å². The third-order valence-corrected chi connectivity index (χ3v) is 6.78. The molecule has 1 aliphatic heterocycles. The Labute approximate surface area is 207 Å². The van der Waals surface area contributed by atoms with Gasteiger partial charge in [0, 0.05) is 31.7 Å². The Balaban J connectivity index is 0.00000306. The van der Waals surface area contributed by atoms with Crippen LogP contribution in [0.5, 0.6) is 5.75 Å². The van der Waals surface area contributed by atoms with Crippen LogP contribution < -0.4 is 15.8 Å². The van der Waals surface area contributed by atoms with Gasteiger partial charge in [-0.3, -0.25) is 9.69 Å². The first kappa shape index (κ1) is 25.2. The van der Waals surface area contributed by atoms with Gasteiger partial charge in [0.15, 0.2) is 6.10 Å². The van der Waals surface area contributed by atoms with E-state index in [2.05, 4.69) is 46.3 Å². The Hall–Kier alpha value is -2.39. The number of ether oxygens (including phenoxy) is 1. The first-order valence-electron chi connectivity index (χ1n) is 11.2. The predicted octanol–water partition coefficient (Wildman–Crippen LogP) is 4.78. The molecule has 176 valence electrons. The molecule has 2 aliphatic rings. The minimum absolute atomic E-state index is 0. The maximum absolute atomic E-state index is 13.3. The first-order chi connectivity index (χ1) is 15.4. The van der Waals surface area contributed by atoms with Crippen molar-refractivity contribution in [2.24, 2.45) is 11.8 Å². The van der Waals surface area contributed by atoms with Crippen molar-refractivity contribution in [3.63, 3.8) is 0 Å². The molecule has 33 heavy (non-hydrogen) atoms. The van der Waals surface area contributed by atoms with E-state index in [1.165, 1.54) is 5.56 Å². The zero-order valence-corrected chi connectivity index (χ0v) is 20.6. The molecule has 3 atom stereocenters. The molecule has 0 spiro atoms. The summed E-state index contributed by atoms with van der Waals surface area (Å²) in [4.78, 5) is 15.8. The van der Waals surface area contributed by atoms with Gasteiger partial charge in [0.1, 0.15) is 5.75 Å². The monoisotopic (exact) mass is 487 g/mol. The molecule has 1 aliphatic carbocycles. The van der Waals surface area contributed by atoms with Crippen LogP contribution in [0.3, 0.4) is 0 Å². The zero-order valence-electron chi connectivity index (χ0n) is 19.0. The number of nitrogens with zero attached hydrogens (tertiary/aromatic N) is 1. The third kappa shape index (κ3) is 5.95. The summed E-state index contributed by atoms with van der Waals surface area (Å²) in [6.07, 6.45) is 1.91. The fourth-order valence-corrected chi connectivity index (χ4v) is 5.19. The summed E-state index contributed by atoms with van der Waals surface area (Å²) in [6, 6.07) is 13.9. The van der Waals surface area contributed by atoms with Gasteiger partial charge in [-0.1, -0.05) is 47.9 Å². The van der Waals surface area contributed by atoms with Crippen molar-refractivity contribution in [1.82, 2.24) is 10.2 Å². The van der Waals surface area contributed by atoms with E-state index in [4.69, 9.17) is 22.1 Å². The number of nitrogens with one attached hydrogen (secondary N) is 1. The fourth-order valence-electron chi connectivity index (χ4n) is 5.02. The van der Waals surface area contributed by atoms with E-state index in [1.807, 2.05) is 13.0 Å². The summed E-state index contributed by atoms with van der Waals surface area (Å²) >= 11 is 6.24. The van der Waals surface area contributed by atoms with Crippen molar-refractivity contribution in [1.29, 1.82) is 0 Å². The summed E-state index contributed by atoms with van der Waals surface area (Å²) in [5, 5.41) is 3.64. The average molecular weight is 488 g/mol. The number of likely N-dealkylation sites (tertiary alicyclic amines) is 1. The molecule has 0 radical (unpaired) electrons. The number of fused-ring (bicyclic) bond motifs is 2.